The lowest BCUT2D eigenvalue weighted by Gasteiger charge is -2.39. The third-order valence-electron chi connectivity index (χ3n) is 6.81. The Balaban J connectivity index is 1.79. The first kappa shape index (κ1) is 27.6. The predicted molar refractivity (Wildman–Crippen MR) is 156 cm³/mol. The number of piperazine rings is 1. The van der Waals surface area contributed by atoms with Crippen LogP contribution in [0, 0.1) is 24.1 Å². The molecule has 0 aliphatic carbocycles. The van der Waals surface area contributed by atoms with Crippen molar-refractivity contribution in [2.75, 3.05) is 42.5 Å². The summed E-state index contributed by atoms with van der Waals surface area (Å²) in [7, 11) is 0. The smallest absolute Gasteiger partial charge is 0.270 e. The Bertz CT molecular complexity index is 1390. The number of hydrogen-bond acceptors (Lipinski definition) is 7. The van der Waals surface area contributed by atoms with Crippen molar-refractivity contribution >= 4 is 51.8 Å². The Hall–Kier alpha value is -3.42. The zero-order valence-corrected chi connectivity index (χ0v) is 23.2. The number of aromatic nitrogens is 1. The predicted octanol–water partition coefficient (Wildman–Crippen LogP) is 4.68. The van der Waals surface area contributed by atoms with E-state index < -0.39 is 0 Å². The highest BCUT2D eigenvalue weighted by Gasteiger charge is 2.33. The molecule has 1 aromatic heterocycles. The van der Waals surface area contributed by atoms with E-state index in [2.05, 4.69) is 29.4 Å². The second kappa shape index (κ2) is 12.0. The standard InChI is InChI=1S/C28H30FN5O2S2/c1-4-6-12-33-25(32-15-13-31(14-16-32)21-9-7-20(29)8-10-21)22(19(3)23(18-30)26(33)35)17-24-27(36)34(11-5-2)28(37)38-24/h5,7-10,17H,2,4,6,11-16H2,1,3H3. The summed E-state index contributed by atoms with van der Waals surface area (Å²) in [5, 5.41) is 9.88. The molecule has 2 aliphatic heterocycles. The van der Waals surface area contributed by atoms with Gasteiger partial charge in [-0.05, 0) is 49.2 Å². The van der Waals surface area contributed by atoms with Crippen LogP contribution in [-0.2, 0) is 11.3 Å². The molecule has 0 N–H and O–H groups in total. The lowest BCUT2D eigenvalue weighted by Crippen LogP contribution is -2.48. The summed E-state index contributed by atoms with van der Waals surface area (Å²) in [5.74, 6) is 0.229. The van der Waals surface area contributed by atoms with Crippen LogP contribution in [0.1, 0.15) is 36.5 Å². The highest BCUT2D eigenvalue weighted by molar-refractivity contribution is 8.26. The minimum atomic E-state index is -0.314. The summed E-state index contributed by atoms with van der Waals surface area (Å²) in [6.45, 7) is 10.9. The highest BCUT2D eigenvalue weighted by atomic mass is 32.2. The number of benzene rings is 1. The number of nitrogens with zero attached hydrogens (tertiary/aromatic N) is 5. The third-order valence-corrected chi connectivity index (χ3v) is 8.19. The van der Waals surface area contributed by atoms with Crippen molar-refractivity contribution in [1.82, 2.24) is 9.47 Å². The number of amides is 1. The number of anilines is 2. The van der Waals surface area contributed by atoms with Crippen molar-refractivity contribution in [2.45, 2.75) is 33.2 Å². The molecule has 0 atom stereocenters. The van der Waals surface area contributed by atoms with Gasteiger partial charge < -0.3 is 9.80 Å². The summed E-state index contributed by atoms with van der Waals surface area (Å²) >= 11 is 6.63. The Morgan fingerprint density at radius 1 is 1.16 bits per heavy atom. The molecule has 2 fully saturated rings. The SMILES string of the molecule is C=CCN1C(=O)C(=Cc2c(C)c(C#N)c(=O)n(CCCC)c2N2CCN(c3ccc(F)cc3)CC2)SC1=S. The minimum Gasteiger partial charge on any atom is -0.368 e. The molecule has 38 heavy (non-hydrogen) atoms. The van der Waals surface area contributed by atoms with E-state index in [0.717, 1.165) is 18.5 Å². The molecule has 1 aromatic carbocycles. The van der Waals surface area contributed by atoms with Crippen LogP contribution in [0.25, 0.3) is 6.08 Å². The van der Waals surface area contributed by atoms with Crippen LogP contribution in [0.2, 0.25) is 0 Å². The average molecular weight is 552 g/mol. The fourth-order valence-corrected chi connectivity index (χ4v) is 6.01. The molecule has 2 aliphatic rings. The number of thiocarbonyl (C=S) groups is 1. The second-order valence-corrected chi connectivity index (χ2v) is 10.9. The maximum atomic E-state index is 13.5. The van der Waals surface area contributed by atoms with Gasteiger partial charge in [0.05, 0.1) is 4.91 Å². The van der Waals surface area contributed by atoms with E-state index >= 15 is 0 Å². The van der Waals surface area contributed by atoms with Crippen molar-refractivity contribution in [3.63, 3.8) is 0 Å². The van der Waals surface area contributed by atoms with E-state index in [1.807, 2.05) is 0 Å². The lowest BCUT2D eigenvalue weighted by atomic mass is 10.0. The van der Waals surface area contributed by atoms with E-state index in [0.29, 0.717) is 65.4 Å². The molecule has 0 spiro atoms. The van der Waals surface area contributed by atoms with E-state index in [1.54, 1.807) is 35.8 Å². The van der Waals surface area contributed by atoms with Gasteiger partial charge in [-0.1, -0.05) is 43.4 Å². The summed E-state index contributed by atoms with van der Waals surface area (Å²) in [4.78, 5) is 32.9. The fraction of sp³-hybridized carbons (Fsp3) is 0.357. The number of pyridine rings is 1. The molecule has 10 heteroatoms. The number of hydrogen-bond donors (Lipinski definition) is 0. The van der Waals surface area contributed by atoms with Gasteiger partial charge in [0.15, 0.2) is 0 Å². The maximum absolute atomic E-state index is 13.5. The van der Waals surface area contributed by atoms with Gasteiger partial charge in [0.25, 0.3) is 11.5 Å². The largest absolute Gasteiger partial charge is 0.368 e. The minimum absolute atomic E-state index is 0.0858. The fourth-order valence-electron chi connectivity index (χ4n) is 4.75. The summed E-state index contributed by atoms with van der Waals surface area (Å²) in [6.07, 6.45) is 5.07. The first-order valence-corrected chi connectivity index (χ1v) is 13.8. The normalized spacial score (nSPS) is 16.9. The molecular formula is C28H30FN5O2S2. The van der Waals surface area contributed by atoms with E-state index in [-0.39, 0.29) is 22.8 Å². The van der Waals surface area contributed by atoms with Crippen LogP contribution < -0.4 is 15.4 Å². The van der Waals surface area contributed by atoms with Gasteiger partial charge in [-0.2, -0.15) is 5.26 Å². The molecular weight excluding hydrogens is 521 g/mol. The molecule has 0 bridgehead atoms. The summed E-state index contributed by atoms with van der Waals surface area (Å²) in [5.41, 5.74) is 1.95. The summed E-state index contributed by atoms with van der Waals surface area (Å²) < 4.78 is 15.6. The van der Waals surface area contributed by atoms with Crippen LogP contribution >= 0.6 is 24.0 Å². The molecule has 0 saturated carbocycles. The van der Waals surface area contributed by atoms with Crippen LogP contribution in [0.3, 0.4) is 0 Å². The Morgan fingerprint density at radius 2 is 1.82 bits per heavy atom. The van der Waals surface area contributed by atoms with Crippen LogP contribution in [0.15, 0.2) is 46.6 Å². The van der Waals surface area contributed by atoms with Crippen molar-refractivity contribution in [2.24, 2.45) is 0 Å². The van der Waals surface area contributed by atoms with E-state index in [9.17, 15) is 19.2 Å². The molecule has 1 amide bonds. The highest BCUT2D eigenvalue weighted by Crippen LogP contribution is 2.36. The number of unbranched alkanes of at least 4 members (excludes halogenated alkanes) is 1. The molecule has 2 aromatic rings. The Labute approximate surface area is 231 Å². The zero-order valence-electron chi connectivity index (χ0n) is 21.6. The van der Waals surface area contributed by atoms with Crippen molar-refractivity contribution in [3.05, 3.63) is 74.7 Å². The van der Waals surface area contributed by atoms with Gasteiger partial charge in [0.2, 0.25) is 0 Å². The topological polar surface area (TPSA) is 72.6 Å². The molecule has 198 valence electrons. The lowest BCUT2D eigenvalue weighted by molar-refractivity contribution is -0.121. The Kier molecular flexibility index (Phi) is 8.69. The molecule has 0 radical (unpaired) electrons. The van der Waals surface area contributed by atoms with Crippen molar-refractivity contribution in [3.8, 4) is 6.07 Å². The molecule has 3 heterocycles. The van der Waals surface area contributed by atoms with Gasteiger partial charge in [-0.15, -0.1) is 6.58 Å². The number of carbonyl (C=O) groups excluding carboxylic acids is 1. The van der Waals surface area contributed by atoms with Gasteiger partial charge >= 0.3 is 0 Å². The average Bonchev–Trinajstić information content (AvgIpc) is 3.18. The first-order valence-electron chi connectivity index (χ1n) is 12.6. The molecule has 2 saturated heterocycles. The number of halogens is 1. The van der Waals surface area contributed by atoms with Crippen LogP contribution in [0.4, 0.5) is 15.9 Å². The first-order chi connectivity index (χ1) is 18.3. The van der Waals surface area contributed by atoms with Gasteiger partial charge in [0, 0.05) is 50.5 Å². The summed E-state index contributed by atoms with van der Waals surface area (Å²) in [6, 6.07) is 8.54. The van der Waals surface area contributed by atoms with Crippen molar-refractivity contribution in [1.29, 1.82) is 5.26 Å². The van der Waals surface area contributed by atoms with Gasteiger partial charge in [-0.3, -0.25) is 19.1 Å². The van der Waals surface area contributed by atoms with E-state index in [1.165, 1.54) is 28.8 Å². The number of thioether (sulfide) groups is 1. The van der Waals surface area contributed by atoms with E-state index in [4.69, 9.17) is 12.2 Å². The van der Waals surface area contributed by atoms with Crippen LogP contribution in [-0.4, -0.2) is 52.4 Å². The molecule has 0 unspecified atom stereocenters. The van der Waals surface area contributed by atoms with Crippen molar-refractivity contribution < 1.29 is 9.18 Å². The second-order valence-electron chi connectivity index (χ2n) is 9.19. The monoisotopic (exact) mass is 551 g/mol. The molecule has 7 nitrogen and oxygen atoms in total. The third kappa shape index (κ3) is 5.40. The number of rotatable bonds is 8. The van der Waals surface area contributed by atoms with Gasteiger partial charge in [0.1, 0.15) is 27.6 Å². The Morgan fingerprint density at radius 3 is 2.42 bits per heavy atom. The maximum Gasteiger partial charge on any atom is 0.270 e. The number of carbonyl (C=O) groups is 1. The van der Waals surface area contributed by atoms with Crippen LogP contribution in [0.5, 0.6) is 0 Å². The molecule has 4 rings (SSSR count). The zero-order chi connectivity index (χ0) is 27.4. The van der Waals surface area contributed by atoms with Gasteiger partial charge in [-0.25, -0.2) is 4.39 Å². The quantitative estimate of drug-likeness (QED) is 0.268. The number of nitriles is 1.